The van der Waals surface area contributed by atoms with Gasteiger partial charge in [0.1, 0.15) is 0 Å². The van der Waals surface area contributed by atoms with Gasteiger partial charge in [-0.3, -0.25) is 9.69 Å². The van der Waals surface area contributed by atoms with Crippen molar-refractivity contribution in [3.63, 3.8) is 0 Å². The van der Waals surface area contributed by atoms with Crippen molar-refractivity contribution in [2.45, 2.75) is 58.3 Å². The molecule has 5 nitrogen and oxygen atoms in total. The Morgan fingerprint density at radius 1 is 1.29 bits per heavy atom. The Bertz CT molecular complexity index is 379. The fraction of sp³-hybridized carbons (Fsp3) is 0.800. The molecule has 0 saturated carbocycles. The zero-order valence-corrected chi connectivity index (χ0v) is 14.3. The SMILES string of the molecule is COC(=O)C[C@@H](C)N(C)C/C=C/B1OC(C)(C)C(C)(C)O1. The number of carbonyl (C=O) groups is 1. The van der Waals surface area contributed by atoms with Crippen LogP contribution in [0.3, 0.4) is 0 Å². The normalized spacial score (nSPS) is 22.0. The monoisotopic (exact) mass is 297 g/mol. The molecule has 0 aliphatic carbocycles. The number of hydrogen-bond acceptors (Lipinski definition) is 5. The van der Waals surface area contributed by atoms with E-state index >= 15 is 0 Å². The van der Waals surface area contributed by atoms with E-state index in [-0.39, 0.29) is 30.3 Å². The predicted molar refractivity (Wildman–Crippen MR) is 83.9 cm³/mol. The molecule has 0 aromatic carbocycles. The quantitative estimate of drug-likeness (QED) is 0.555. The van der Waals surface area contributed by atoms with Gasteiger partial charge >= 0.3 is 13.1 Å². The third kappa shape index (κ3) is 4.83. The number of likely N-dealkylation sites (N-methyl/N-ethyl adjacent to an activating group) is 1. The number of methoxy groups -OCH3 is 1. The molecule has 21 heavy (non-hydrogen) atoms. The Kier molecular flexibility index (Phi) is 6.02. The maximum absolute atomic E-state index is 11.2. The fourth-order valence-electron chi connectivity index (χ4n) is 1.97. The van der Waals surface area contributed by atoms with Gasteiger partial charge < -0.3 is 14.0 Å². The van der Waals surface area contributed by atoms with E-state index in [2.05, 4.69) is 9.64 Å². The van der Waals surface area contributed by atoms with Crippen molar-refractivity contribution in [2.24, 2.45) is 0 Å². The lowest BCUT2D eigenvalue weighted by Crippen LogP contribution is -2.41. The summed E-state index contributed by atoms with van der Waals surface area (Å²) in [5.74, 6) is 1.74. The van der Waals surface area contributed by atoms with E-state index in [9.17, 15) is 4.79 Å². The summed E-state index contributed by atoms with van der Waals surface area (Å²) in [5, 5.41) is 0. The Labute approximate surface area is 128 Å². The van der Waals surface area contributed by atoms with Gasteiger partial charge in [0.05, 0.1) is 24.7 Å². The van der Waals surface area contributed by atoms with Crippen LogP contribution in [-0.4, -0.2) is 55.9 Å². The van der Waals surface area contributed by atoms with Gasteiger partial charge in [0.15, 0.2) is 0 Å². The summed E-state index contributed by atoms with van der Waals surface area (Å²) in [6, 6.07) is 0.125. The molecule has 0 radical (unpaired) electrons. The second kappa shape index (κ2) is 6.94. The first-order valence-corrected chi connectivity index (χ1v) is 7.38. The molecule has 6 heteroatoms. The minimum absolute atomic E-state index is 0.125. The van der Waals surface area contributed by atoms with Crippen molar-refractivity contribution in [1.29, 1.82) is 0 Å². The Morgan fingerprint density at radius 3 is 2.29 bits per heavy atom. The molecule has 0 amide bonds. The summed E-state index contributed by atoms with van der Waals surface area (Å²) in [6.07, 6.45) is 2.40. The predicted octanol–water partition coefficient (Wildman–Crippen LogP) is 2.06. The summed E-state index contributed by atoms with van der Waals surface area (Å²) in [7, 11) is 3.06. The lowest BCUT2D eigenvalue weighted by molar-refractivity contribution is -0.141. The smallest absolute Gasteiger partial charge is 0.469 e. The van der Waals surface area contributed by atoms with Crippen LogP contribution in [0.4, 0.5) is 0 Å². The highest BCUT2D eigenvalue weighted by Gasteiger charge is 2.49. The molecule has 0 aromatic rings. The average Bonchev–Trinajstić information content (AvgIpc) is 2.57. The minimum Gasteiger partial charge on any atom is -0.469 e. The maximum atomic E-state index is 11.2. The first kappa shape index (κ1) is 18.2. The van der Waals surface area contributed by atoms with Crippen LogP contribution in [0.5, 0.6) is 0 Å². The molecule has 1 saturated heterocycles. The van der Waals surface area contributed by atoms with Crippen LogP contribution >= 0.6 is 0 Å². The first-order chi connectivity index (χ1) is 9.59. The number of esters is 1. The van der Waals surface area contributed by atoms with Crippen LogP contribution < -0.4 is 0 Å². The van der Waals surface area contributed by atoms with E-state index in [0.717, 1.165) is 6.54 Å². The van der Waals surface area contributed by atoms with E-state index in [1.165, 1.54) is 7.11 Å². The summed E-state index contributed by atoms with van der Waals surface area (Å²) >= 11 is 0. The molecule has 0 aromatic heterocycles. The first-order valence-electron chi connectivity index (χ1n) is 7.38. The van der Waals surface area contributed by atoms with Crippen molar-refractivity contribution < 1.29 is 18.8 Å². The van der Waals surface area contributed by atoms with Crippen molar-refractivity contribution in [3.05, 3.63) is 12.1 Å². The summed E-state index contributed by atoms with van der Waals surface area (Å²) in [5.41, 5.74) is -0.627. The molecule has 120 valence electrons. The van der Waals surface area contributed by atoms with Crippen molar-refractivity contribution in [3.8, 4) is 0 Å². The van der Waals surface area contributed by atoms with Crippen LogP contribution in [0.15, 0.2) is 12.1 Å². The molecule has 0 spiro atoms. The standard InChI is InChI=1S/C15H28BNO4/c1-12(11-13(18)19-7)17(6)10-8-9-16-20-14(2,3)15(4,5)21-16/h8-9,12H,10-11H2,1-7H3/b9-8+/t12-/m1/s1. The van der Waals surface area contributed by atoms with E-state index in [0.29, 0.717) is 6.42 Å². The van der Waals surface area contributed by atoms with Crippen molar-refractivity contribution in [2.75, 3.05) is 20.7 Å². The molecule has 1 fully saturated rings. The van der Waals surface area contributed by atoms with E-state index < -0.39 is 0 Å². The zero-order chi connectivity index (χ0) is 16.3. The lowest BCUT2D eigenvalue weighted by Gasteiger charge is -2.32. The lowest BCUT2D eigenvalue weighted by atomic mass is 9.90. The Hall–Kier alpha value is -0.845. The summed E-state index contributed by atoms with van der Waals surface area (Å²) in [6.45, 7) is 10.9. The number of carbonyl (C=O) groups excluding carboxylic acids is 1. The molecular formula is C15H28BNO4. The minimum atomic E-state index is -0.320. The molecule has 1 atom stereocenters. The van der Waals surface area contributed by atoms with Crippen LogP contribution in [0.1, 0.15) is 41.0 Å². The van der Waals surface area contributed by atoms with Crippen LogP contribution in [-0.2, 0) is 18.8 Å². The fourth-order valence-corrected chi connectivity index (χ4v) is 1.97. The van der Waals surface area contributed by atoms with Gasteiger partial charge in [0, 0.05) is 12.6 Å². The highest BCUT2D eigenvalue weighted by Crippen LogP contribution is 2.36. The van der Waals surface area contributed by atoms with Crippen LogP contribution in [0.25, 0.3) is 0 Å². The number of ether oxygens (including phenoxy) is 1. The molecule has 1 aliphatic rings. The topological polar surface area (TPSA) is 48.0 Å². The molecule has 0 N–H and O–H groups in total. The highest BCUT2D eigenvalue weighted by atomic mass is 16.7. The second-order valence-electron chi connectivity index (χ2n) is 6.62. The molecule has 0 unspecified atom stereocenters. The maximum Gasteiger partial charge on any atom is 0.486 e. The number of hydrogen-bond donors (Lipinski definition) is 0. The summed E-state index contributed by atoms with van der Waals surface area (Å²) in [4.78, 5) is 13.3. The Morgan fingerprint density at radius 2 is 1.81 bits per heavy atom. The van der Waals surface area contributed by atoms with E-state index in [4.69, 9.17) is 9.31 Å². The van der Waals surface area contributed by atoms with E-state index in [1.807, 2.05) is 53.7 Å². The number of rotatable bonds is 6. The van der Waals surface area contributed by atoms with Crippen molar-refractivity contribution >= 4 is 13.1 Å². The zero-order valence-electron chi connectivity index (χ0n) is 14.3. The van der Waals surface area contributed by atoms with Gasteiger partial charge in [-0.05, 0) is 41.7 Å². The van der Waals surface area contributed by atoms with Crippen molar-refractivity contribution in [1.82, 2.24) is 4.90 Å². The van der Waals surface area contributed by atoms with Gasteiger partial charge in [-0.15, -0.1) is 0 Å². The highest BCUT2D eigenvalue weighted by molar-refractivity contribution is 6.51. The third-order valence-corrected chi connectivity index (χ3v) is 4.40. The Balaban J connectivity index is 2.43. The third-order valence-electron chi connectivity index (χ3n) is 4.40. The molecule has 1 heterocycles. The summed E-state index contributed by atoms with van der Waals surface area (Å²) < 4.78 is 16.5. The molecule has 1 aliphatic heterocycles. The van der Waals surface area contributed by atoms with Gasteiger partial charge in [0.2, 0.25) is 0 Å². The largest absolute Gasteiger partial charge is 0.486 e. The van der Waals surface area contributed by atoms with Crippen LogP contribution in [0.2, 0.25) is 0 Å². The van der Waals surface area contributed by atoms with E-state index in [1.54, 1.807) is 0 Å². The number of nitrogens with zero attached hydrogens (tertiary/aromatic N) is 1. The second-order valence-corrected chi connectivity index (χ2v) is 6.62. The molecule has 1 rings (SSSR count). The molecular weight excluding hydrogens is 269 g/mol. The van der Waals surface area contributed by atoms with Gasteiger partial charge in [-0.2, -0.15) is 0 Å². The average molecular weight is 297 g/mol. The van der Waals surface area contributed by atoms with Crippen LogP contribution in [0, 0.1) is 0 Å². The van der Waals surface area contributed by atoms with Gasteiger partial charge in [0.25, 0.3) is 0 Å². The van der Waals surface area contributed by atoms with Gasteiger partial charge in [-0.1, -0.05) is 12.1 Å². The molecule has 0 bridgehead atoms. The van der Waals surface area contributed by atoms with Gasteiger partial charge in [-0.25, -0.2) is 0 Å².